The highest BCUT2D eigenvalue weighted by molar-refractivity contribution is 9.09. The molecule has 0 aliphatic carbocycles. The van der Waals surface area contributed by atoms with Crippen LogP contribution in [0.5, 0.6) is 0 Å². The first-order chi connectivity index (χ1) is 7.20. The molecule has 0 radical (unpaired) electrons. The van der Waals surface area contributed by atoms with Crippen LogP contribution in [-0.2, 0) is 0 Å². The zero-order chi connectivity index (χ0) is 12.5. The Morgan fingerprint density at radius 1 is 1.00 bits per heavy atom. The van der Waals surface area contributed by atoms with Crippen molar-refractivity contribution in [2.45, 2.75) is 17.4 Å². The molecular formula is C9H5BrF6. The molecule has 0 amide bonds. The molecule has 1 rings (SSSR count). The van der Waals surface area contributed by atoms with Gasteiger partial charge in [-0.1, -0.05) is 15.9 Å². The highest BCUT2D eigenvalue weighted by atomic mass is 79.9. The molecule has 7 heteroatoms. The van der Waals surface area contributed by atoms with E-state index in [1.165, 1.54) is 0 Å². The van der Waals surface area contributed by atoms with E-state index in [1.807, 2.05) is 0 Å². The van der Waals surface area contributed by atoms with Crippen LogP contribution >= 0.6 is 15.9 Å². The van der Waals surface area contributed by atoms with Gasteiger partial charge in [0.1, 0.15) is 5.82 Å². The molecule has 0 saturated heterocycles. The molecule has 0 aliphatic rings. The van der Waals surface area contributed by atoms with Crippen molar-refractivity contribution in [1.82, 2.24) is 0 Å². The maximum absolute atomic E-state index is 13.1. The zero-order valence-electron chi connectivity index (χ0n) is 7.58. The summed E-state index contributed by atoms with van der Waals surface area (Å²) in [7, 11) is 0. The molecule has 1 unspecified atom stereocenters. The molecule has 0 bridgehead atoms. The van der Waals surface area contributed by atoms with Gasteiger partial charge in [-0.05, 0) is 6.07 Å². The summed E-state index contributed by atoms with van der Waals surface area (Å²) in [5, 5.41) is 0. The Morgan fingerprint density at radius 2 is 1.50 bits per heavy atom. The van der Waals surface area contributed by atoms with Crippen molar-refractivity contribution in [1.29, 1.82) is 0 Å². The molecule has 16 heavy (non-hydrogen) atoms. The topological polar surface area (TPSA) is 0 Å². The third kappa shape index (κ3) is 3.40. The van der Waals surface area contributed by atoms with Gasteiger partial charge in [-0.3, -0.25) is 0 Å². The van der Waals surface area contributed by atoms with Crippen LogP contribution in [0.4, 0.5) is 26.3 Å². The van der Waals surface area contributed by atoms with Gasteiger partial charge >= 0.3 is 6.18 Å². The first-order valence-corrected chi connectivity index (χ1v) is 4.97. The first kappa shape index (κ1) is 13.3. The fourth-order valence-corrected chi connectivity index (χ4v) is 1.81. The summed E-state index contributed by atoms with van der Waals surface area (Å²) in [6.07, 6.45) is -5.89. The summed E-state index contributed by atoms with van der Waals surface area (Å²) in [6.45, 7) is 0. The van der Waals surface area contributed by atoms with E-state index in [0.29, 0.717) is 6.07 Å². The zero-order valence-corrected chi connectivity index (χ0v) is 9.17. The van der Waals surface area contributed by atoms with Gasteiger partial charge in [-0.2, -0.15) is 13.2 Å². The van der Waals surface area contributed by atoms with Crippen LogP contribution in [0.1, 0.15) is 16.8 Å². The normalized spacial score (nSPS) is 13.9. The standard InChI is InChI=1S/C9H5BrF6/c10-5(3-9(14,15)16)4-1-7(12)8(13)2-6(4)11/h1-2,5H,3H2. The molecule has 1 aromatic carbocycles. The van der Waals surface area contributed by atoms with Gasteiger partial charge in [0.2, 0.25) is 0 Å². The molecule has 0 aliphatic heterocycles. The van der Waals surface area contributed by atoms with Crippen LogP contribution in [-0.4, -0.2) is 6.18 Å². The van der Waals surface area contributed by atoms with Crippen molar-refractivity contribution < 1.29 is 26.3 Å². The smallest absolute Gasteiger partial charge is 0.207 e. The van der Waals surface area contributed by atoms with E-state index >= 15 is 0 Å². The average molecular weight is 307 g/mol. The maximum Gasteiger partial charge on any atom is 0.390 e. The molecule has 0 spiro atoms. The van der Waals surface area contributed by atoms with Crippen LogP contribution in [0.2, 0.25) is 0 Å². The predicted molar refractivity (Wildman–Crippen MR) is 48.7 cm³/mol. The average Bonchev–Trinajstić information content (AvgIpc) is 2.08. The molecule has 90 valence electrons. The van der Waals surface area contributed by atoms with E-state index in [9.17, 15) is 26.3 Å². The lowest BCUT2D eigenvalue weighted by atomic mass is 10.1. The van der Waals surface area contributed by atoms with Gasteiger partial charge in [0.05, 0.1) is 11.2 Å². The Kier molecular flexibility index (Phi) is 3.88. The number of halogens is 7. The Bertz CT molecular complexity index is 386. The predicted octanol–water partition coefficient (Wildman–Crippen LogP) is 4.49. The van der Waals surface area contributed by atoms with Gasteiger partial charge in [0, 0.05) is 11.6 Å². The third-order valence-electron chi connectivity index (χ3n) is 1.79. The second-order valence-electron chi connectivity index (χ2n) is 3.07. The fourth-order valence-electron chi connectivity index (χ4n) is 1.09. The summed E-state index contributed by atoms with van der Waals surface area (Å²) in [6, 6.07) is 0.630. The summed E-state index contributed by atoms with van der Waals surface area (Å²) < 4.78 is 74.2. The lowest BCUT2D eigenvalue weighted by Gasteiger charge is -2.13. The van der Waals surface area contributed by atoms with Crippen molar-refractivity contribution >= 4 is 15.9 Å². The lowest BCUT2D eigenvalue weighted by Crippen LogP contribution is -2.11. The Balaban J connectivity index is 3.00. The van der Waals surface area contributed by atoms with Gasteiger partial charge in [0.15, 0.2) is 11.6 Å². The van der Waals surface area contributed by atoms with Crippen LogP contribution < -0.4 is 0 Å². The third-order valence-corrected chi connectivity index (χ3v) is 2.60. The number of hydrogen-bond donors (Lipinski definition) is 0. The van der Waals surface area contributed by atoms with Crippen LogP contribution in [0.3, 0.4) is 0 Å². The summed E-state index contributed by atoms with van der Waals surface area (Å²) >= 11 is 2.58. The van der Waals surface area contributed by atoms with Crippen molar-refractivity contribution in [2.24, 2.45) is 0 Å². The SMILES string of the molecule is Fc1cc(F)c(C(Br)CC(F)(F)F)cc1F. The van der Waals surface area contributed by atoms with E-state index in [2.05, 4.69) is 15.9 Å². The van der Waals surface area contributed by atoms with Gasteiger partial charge in [-0.15, -0.1) is 0 Å². The van der Waals surface area contributed by atoms with Crippen molar-refractivity contribution in [2.75, 3.05) is 0 Å². The van der Waals surface area contributed by atoms with E-state index in [1.54, 1.807) is 0 Å². The molecule has 0 N–H and O–H groups in total. The number of hydrogen-bond acceptors (Lipinski definition) is 0. The maximum atomic E-state index is 13.1. The molecule has 0 fully saturated rings. The molecule has 1 atom stereocenters. The van der Waals surface area contributed by atoms with Crippen molar-refractivity contribution in [3.63, 3.8) is 0 Å². The molecule has 0 saturated carbocycles. The molecule has 0 heterocycles. The molecular weight excluding hydrogens is 302 g/mol. The Hall–Kier alpha value is -0.720. The van der Waals surface area contributed by atoms with Crippen LogP contribution in [0.15, 0.2) is 12.1 Å². The highest BCUT2D eigenvalue weighted by Gasteiger charge is 2.32. The second kappa shape index (κ2) is 4.65. The quantitative estimate of drug-likeness (QED) is 0.429. The van der Waals surface area contributed by atoms with Crippen LogP contribution in [0.25, 0.3) is 0 Å². The van der Waals surface area contributed by atoms with E-state index < -0.39 is 40.4 Å². The van der Waals surface area contributed by atoms with Crippen molar-refractivity contribution in [3.8, 4) is 0 Å². The first-order valence-electron chi connectivity index (χ1n) is 4.06. The molecule has 0 aromatic heterocycles. The minimum atomic E-state index is -4.52. The van der Waals surface area contributed by atoms with Gasteiger partial charge < -0.3 is 0 Å². The van der Waals surface area contributed by atoms with E-state index in [-0.39, 0.29) is 6.07 Å². The number of alkyl halides is 4. The minimum absolute atomic E-state index is 0.218. The van der Waals surface area contributed by atoms with Gasteiger partial charge in [-0.25, -0.2) is 13.2 Å². The number of rotatable bonds is 2. The van der Waals surface area contributed by atoms with E-state index in [0.717, 1.165) is 0 Å². The second-order valence-corrected chi connectivity index (χ2v) is 4.18. The summed E-state index contributed by atoms with van der Waals surface area (Å²) in [5.41, 5.74) is -0.559. The number of benzene rings is 1. The van der Waals surface area contributed by atoms with E-state index in [4.69, 9.17) is 0 Å². The lowest BCUT2D eigenvalue weighted by molar-refractivity contribution is -0.134. The largest absolute Gasteiger partial charge is 0.390 e. The summed E-state index contributed by atoms with van der Waals surface area (Å²) in [5.74, 6) is -4.04. The monoisotopic (exact) mass is 306 g/mol. The Labute approximate surface area is 95.4 Å². The molecule has 0 nitrogen and oxygen atoms in total. The fraction of sp³-hybridized carbons (Fsp3) is 0.333. The van der Waals surface area contributed by atoms with Crippen LogP contribution in [0, 0.1) is 17.5 Å². The molecule has 1 aromatic rings. The Morgan fingerprint density at radius 3 is 2.00 bits per heavy atom. The van der Waals surface area contributed by atoms with Gasteiger partial charge in [0.25, 0.3) is 0 Å². The minimum Gasteiger partial charge on any atom is -0.207 e. The highest BCUT2D eigenvalue weighted by Crippen LogP contribution is 2.36. The summed E-state index contributed by atoms with van der Waals surface area (Å²) in [4.78, 5) is -1.44. The van der Waals surface area contributed by atoms with Crippen molar-refractivity contribution in [3.05, 3.63) is 35.1 Å².